The lowest BCUT2D eigenvalue weighted by molar-refractivity contribution is -0.117. The fourth-order valence-electron chi connectivity index (χ4n) is 3.14. The number of phenolic OH excluding ortho intramolecular Hbond substituents is 2. The predicted octanol–water partition coefficient (Wildman–Crippen LogP) is 2.65. The summed E-state index contributed by atoms with van der Waals surface area (Å²) in [5.74, 6) is -2.05. The Kier molecular flexibility index (Phi) is 6.59. The summed E-state index contributed by atoms with van der Waals surface area (Å²) in [6.07, 6.45) is 0. The van der Waals surface area contributed by atoms with Gasteiger partial charge in [0, 0.05) is 19.4 Å². The van der Waals surface area contributed by atoms with Crippen molar-refractivity contribution in [2.24, 2.45) is 10.2 Å². The largest absolute Gasteiger partial charge is 0.505 e. The Morgan fingerprint density at radius 1 is 0.912 bits per heavy atom. The van der Waals surface area contributed by atoms with Crippen LogP contribution in [0, 0.1) is 0 Å². The summed E-state index contributed by atoms with van der Waals surface area (Å²) in [5, 5.41) is 29.3. The highest BCUT2D eigenvalue weighted by atomic mass is 32.2. The number of aromatic hydroxyl groups is 2. The zero-order valence-corrected chi connectivity index (χ0v) is 19.2. The number of para-hydroxylation sites is 1. The second-order valence-corrected chi connectivity index (χ2v) is 9.61. The van der Waals surface area contributed by atoms with Gasteiger partial charge in [0.05, 0.1) is 5.69 Å². The first-order chi connectivity index (χ1) is 15.8. The van der Waals surface area contributed by atoms with Crippen molar-refractivity contribution in [3.05, 3.63) is 42.5 Å². The second-order valence-electron chi connectivity index (χ2n) is 6.83. The molecule has 0 radical (unpaired) electrons. The number of hydrogen-bond donors (Lipinski definition) is 5. The molecule has 0 saturated heterocycles. The van der Waals surface area contributed by atoms with E-state index in [2.05, 4.69) is 15.7 Å². The van der Waals surface area contributed by atoms with E-state index in [0.29, 0.717) is 5.69 Å². The van der Waals surface area contributed by atoms with Gasteiger partial charge in [0.1, 0.15) is 21.2 Å². The van der Waals surface area contributed by atoms with Crippen LogP contribution in [0.3, 0.4) is 0 Å². The molecule has 0 saturated carbocycles. The van der Waals surface area contributed by atoms with E-state index in [4.69, 9.17) is 4.55 Å². The van der Waals surface area contributed by atoms with Crippen molar-refractivity contribution in [2.45, 2.75) is 16.7 Å². The Hall–Kier alpha value is -3.63. The third kappa shape index (κ3) is 4.82. The number of nitrogens with one attached hydrogen (secondary N) is 1. The molecule has 5 N–H and O–H groups in total. The zero-order valence-electron chi connectivity index (χ0n) is 17.5. The van der Waals surface area contributed by atoms with E-state index in [9.17, 15) is 36.4 Å². The molecule has 180 valence electrons. The highest BCUT2D eigenvalue weighted by molar-refractivity contribution is 7.86. The van der Waals surface area contributed by atoms with E-state index in [1.165, 1.54) is 32.2 Å². The van der Waals surface area contributed by atoms with Gasteiger partial charge < -0.3 is 10.2 Å². The maximum Gasteiger partial charge on any atom is 0.298 e. The van der Waals surface area contributed by atoms with Crippen molar-refractivity contribution in [1.29, 1.82) is 0 Å². The number of amides is 1. The maximum absolute atomic E-state index is 12.0. The molecule has 0 aromatic heterocycles. The van der Waals surface area contributed by atoms with E-state index in [1.807, 2.05) is 0 Å². The molecule has 3 aromatic rings. The zero-order chi connectivity index (χ0) is 25.4. The normalized spacial score (nSPS) is 12.4. The minimum absolute atomic E-state index is 0.0839. The van der Waals surface area contributed by atoms with Gasteiger partial charge in [0.25, 0.3) is 20.2 Å². The summed E-state index contributed by atoms with van der Waals surface area (Å²) >= 11 is 0. The molecule has 0 aliphatic heterocycles. The van der Waals surface area contributed by atoms with Crippen LogP contribution in [0.5, 0.6) is 11.5 Å². The second kappa shape index (κ2) is 8.96. The molecule has 0 aliphatic rings. The lowest BCUT2D eigenvalue weighted by Crippen LogP contribution is -2.38. The number of benzene rings is 3. The number of rotatable bonds is 6. The van der Waals surface area contributed by atoms with Gasteiger partial charge in [-0.15, -0.1) is 10.2 Å². The summed E-state index contributed by atoms with van der Waals surface area (Å²) in [6.45, 7) is 1.29. The SMILES string of the molecule is CNN(C(C)=O)c1ccc2c(O)c(N=Nc3cccc(S(=O)(=O)O)c3O)c(S(=O)(=O)O)cc2c1. The number of azo groups is 1. The quantitative estimate of drug-likeness (QED) is 0.186. The van der Waals surface area contributed by atoms with Crippen LogP contribution in [-0.4, -0.2) is 49.1 Å². The van der Waals surface area contributed by atoms with E-state index in [1.54, 1.807) is 0 Å². The number of phenols is 2. The minimum atomic E-state index is -4.96. The highest BCUT2D eigenvalue weighted by Gasteiger charge is 2.23. The molecule has 34 heavy (non-hydrogen) atoms. The molecule has 0 fully saturated rings. The molecule has 0 heterocycles. The molecule has 3 rings (SSSR count). The third-order valence-corrected chi connectivity index (χ3v) is 6.37. The van der Waals surface area contributed by atoms with Crippen molar-refractivity contribution in [3.8, 4) is 11.5 Å². The number of carbonyl (C=O) groups is 1. The van der Waals surface area contributed by atoms with Gasteiger partial charge in [-0.2, -0.15) is 16.8 Å². The molecule has 0 atom stereocenters. The molecule has 0 aliphatic carbocycles. The lowest BCUT2D eigenvalue weighted by atomic mass is 10.1. The predicted molar refractivity (Wildman–Crippen MR) is 120 cm³/mol. The molecule has 0 bridgehead atoms. The number of anilines is 1. The molecule has 13 nitrogen and oxygen atoms in total. The van der Waals surface area contributed by atoms with Gasteiger partial charge in [0.2, 0.25) is 5.91 Å². The van der Waals surface area contributed by atoms with Gasteiger partial charge in [-0.05, 0) is 41.8 Å². The van der Waals surface area contributed by atoms with Crippen LogP contribution in [0.4, 0.5) is 17.1 Å². The van der Waals surface area contributed by atoms with Crippen LogP contribution in [-0.2, 0) is 25.0 Å². The summed E-state index contributed by atoms with van der Waals surface area (Å²) in [6, 6.07) is 8.33. The van der Waals surface area contributed by atoms with Gasteiger partial charge in [-0.1, -0.05) is 6.07 Å². The Labute approximate surface area is 193 Å². The first kappa shape index (κ1) is 25.0. The fourth-order valence-corrected chi connectivity index (χ4v) is 4.40. The van der Waals surface area contributed by atoms with E-state index in [-0.39, 0.29) is 16.7 Å². The first-order valence-corrected chi connectivity index (χ1v) is 12.1. The summed E-state index contributed by atoms with van der Waals surface area (Å²) < 4.78 is 65.6. The van der Waals surface area contributed by atoms with Gasteiger partial charge >= 0.3 is 0 Å². The average Bonchev–Trinajstić information content (AvgIpc) is 2.72. The number of nitrogens with zero attached hydrogens (tertiary/aromatic N) is 3. The van der Waals surface area contributed by atoms with Crippen molar-refractivity contribution >= 4 is 54.0 Å². The lowest BCUT2D eigenvalue weighted by Gasteiger charge is -2.20. The molecule has 0 unspecified atom stereocenters. The van der Waals surface area contributed by atoms with E-state index < -0.39 is 52.9 Å². The van der Waals surface area contributed by atoms with Crippen molar-refractivity contribution in [3.63, 3.8) is 0 Å². The average molecular weight is 511 g/mol. The fraction of sp³-hybridized carbons (Fsp3) is 0.105. The molecule has 3 aromatic carbocycles. The maximum atomic E-state index is 12.0. The van der Waals surface area contributed by atoms with Crippen LogP contribution < -0.4 is 10.4 Å². The number of fused-ring (bicyclic) bond motifs is 1. The van der Waals surface area contributed by atoms with Crippen LogP contribution >= 0.6 is 0 Å². The molecule has 0 spiro atoms. The van der Waals surface area contributed by atoms with Crippen LogP contribution in [0.15, 0.2) is 62.5 Å². The topological polar surface area (TPSA) is 206 Å². The molecular formula is C19H18N4O9S2. The monoisotopic (exact) mass is 510 g/mol. The van der Waals surface area contributed by atoms with E-state index in [0.717, 1.165) is 29.3 Å². The van der Waals surface area contributed by atoms with Gasteiger partial charge in [0.15, 0.2) is 11.5 Å². The minimum Gasteiger partial charge on any atom is -0.505 e. The third-order valence-electron chi connectivity index (χ3n) is 4.62. The van der Waals surface area contributed by atoms with Crippen molar-refractivity contribution in [1.82, 2.24) is 5.43 Å². The smallest absolute Gasteiger partial charge is 0.298 e. The molecular weight excluding hydrogens is 492 g/mol. The van der Waals surface area contributed by atoms with Gasteiger partial charge in [-0.25, -0.2) is 10.4 Å². The van der Waals surface area contributed by atoms with Crippen LogP contribution in [0.25, 0.3) is 10.8 Å². The van der Waals surface area contributed by atoms with E-state index >= 15 is 0 Å². The van der Waals surface area contributed by atoms with Crippen LogP contribution in [0.1, 0.15) is 6.92 Å². The molecule has 15 heteroatoms. The number of hydrazine groups is 1. The summed E-state index contributed by atoms with van der Waals surface area (Å²) in [5.41, 5.74) is 1.79. The van der Waals surface area contributed by atoms with Gasteiger partial charge in [-0.3, -0.25) is 13.9 Å². The number of carbonyl (C=O) groups excluding carboxylic acids is 1. The Morgan fingerprint density at radius 3 is 2.12 bits per heavy atom. The van der Waals surface area contributed by atoms with Crippen molar-refractivity contribution in [2.75, 3.05) is 12.1 Å². The van der Waals surface area contributed by atoms with Crippen molar-refractivity contribution < 1.29 is 40.9 Å². The Balaban J connectivity index is 2.24. The summed E-state index contributed by atoms with van der Waals surface area (Å²) in [7, 11) is -8.26. The Morgan fingerprint density at radius 2 is 1.56 bits per heavy atom. The first-order valence-electron chi connectivity index (χ1n) is 9.22. The standard InChI is InChI=1S/C19H18N4O9S2/c1-10(24)23(20-2)12-6-7-13-11(8-12)9-16(34(30,31)32)17(18(13)25)22-21-14-4-3-5-15(19(14)26)33(27,28)29/h3-9,20,25-26H,1-2H3,(H,27,28,29)(H,30,31,32). The Bertz CT molecular complexity index is 1550. The molecule has 1 amide bonds. The summed E-state index contributed by atoms with van der Waals surface area (Å²) in [4.78, 5) is 10.1. The highest BCUT2D eigenvalue weighted by Crippen LogP contribution is 2.43. The number of hydrogen-bond acceptors (Lipinski definition) is 10. The van der Waals surface area contributed by atoms with Crippen LogP contribution in [0.2, 0.25) is 0 Å².